The Kier molecular flexibility index (Phi) is 3.63. The summed E-state index contributed by atoms with van der Waals surface area (Å²) < 4.78 is 0. The van der Waals surface area contributed by atoms with E-state index in [9.17, 15) is 0 Å². The highest BCUT2D eigenvalue weighted by Gasteiger charge is 2.39. The molecule has 1 heteroatoms. The number of allylic oxidation sites excluding steroid dienone is 2. The Morgan fingerprint density at radius 3 is 2.58 bits per heavy atom. The lowest BCUT2D eigenvalue weighted by molar-refractivity contribution is 0.420. The highest BCUT2D eigenvalue weighted by molar-refractivity contribution is 5.49. The number of hydrogen-bond donors (Lipinski definition) is 1. The van der Waals surface area contributed by atoms with E-state index < -0.39 is 0 Å². The van der Waals surface area contributed by atoms with Crippen LogP contribution in [0.25, 0.3) is 0 Å². The molecule has 3 unspecified atom stereocenters. The smallest absolute Gasteiger partial charge is 0.0381 e. The zero-order chi connectivity index (χ0) is 13.2. The van der Waals surface area contributed by atoms with Gasteiger partial charge in [0.05, 0.1) is 0 Å². The SMILES string of the molecule is CC/C=C(/C)Nc1ccc(C2CC3CCC2C3)cc1. The van der Waals surface area contributed by atoms with Crippen molar-refractivity contribution in [2.24, 2.45) is 11.8 Å². The van der Waals surface area contributed by atoms with Crippen LogP contribution in [0.15, 0.2) is 36.0 Å². The van der Waals surface area contributed by atoms with Crippen LogP contribution < -0.4 is 5.32 Å². The fourth-order valence-corrected chi connectivity index (χ4v) is 4.05. The molecule has 2 fully saturated rings. The molecule has 3 atom stereocenters. The van der Waals surface area contributed by atoms with Gasteiger partial charge in [0.15, 0.2) is 0 Å². The lowest BCUT2D eigenvalue weighted by Gasteiger charge is -2.22. The first-order chi connectivity index (χ1) is 9.26. The second-order valence-electron chi connectivity index (χ2n) is 6.32. The number of benzene rings is 1. The first-order valence-corrected chi connectivity index (χ1v) is 7.80. The van der Waals surface area contributed by atoms with Crippen molar-refractivity contribution in [1.82, 2.24) is 0 Å². The summed E-state index contributed by atoms with van der Waals surface area (Å²) in [7, 11) is 0. The quantitative estimate of drug-likeness (QED) is 0.768. The topological polar surface area (TPSA) is 12.0 Å². The molecule has 2 saturated carbocycles. The maximum absolute atomic E-state index is 3.46. The molecule has 0 heterocycles. The Morgan fingerprint density at radius 2 is 2.00 bits per heavy atom. The van der Waals surface area contributed by atoms with E-state index in [0.29, 0.717) is 0 Å². The van der Waals surface area contributed by atoms with E-state index in [0.717, 1.165) is 24.2 Å². The summed E-state index contributed by atoms with van der Waals surface area (Å²) in [5, 5.41) is 3.46. The van der Waals surface area contributed by atoms with Crippen LogP contribution >= 0.6 is 0 Å². The molecule has 0 aliphatic heterocycles. The van der Waals surface area contributed by atoms with Gasteiger partial charge in [0.2, 0.25) is 0 Å². The average Bonchev–Trinajstić information content (AvgIpc) is 3.02. The zero-order valence-electron chi connectivity index (χ0n) is 12.2. The van der Waals surface area contributed by atoms with Crippen LogP contribution in [-0.2, 0) is 0 Å². The second kappa shape index (κ2) is 5.40. The van der Waals surface area contributed by atoms with Crippen LogP contribution in [0.3, 0.4) is 0 Å². The molecule has 0 amide bonds. The lowest BCUT2D eigenvalue weighted by Crippen LogP contribution is -2.08. The predicted molar refractivity (Wildman–Crippen MR) is 82.3 cm³/mol. The molecule has 2 aliphatic carbocycles. The normalized spacial score (nSPS) is 29.8. The zero-order valence-corrected chi connectivity index (χ0v) is 12.2. The van der Waals surface area contributed by atoms with Gasteiger partial charge in [-0.15, -0.1) is 0 Å². The third-order valence-corrected chi connectivity index (χ3v) is 4.93. The fraction of sp³-hybridized carbons (Fsp3) is 0.556. The third-order valence-electron chi connectivity index (χ3n) is 4.93. The van der Waals surface area contributed by atoms with Crippen molar-refractivity contribution in [3.05, 3.63) is 41.6 Å². The van der Waals surface area contributed by atoms with Crippen LogP contribution in [0, 0.1) is 11.8 Å². The predicted octanol–water partition coefficient (Wildman–Crippen LogP) is 5.32. The summed E-state index contributed by atoms with van der Waals surface area (Å²) in [5.41, 5.74) is 4.03. The number of rotatable bonds is 4. The molecule has 19 heavy (non-hydrogen) atoms. The van der Waals surface area contributed by atoms with E-state index in [1.807, 2.05) is 0 Å². The monoisotopic (exact) mass is 255 g/mol. The van der Waals surface area contributed by atoms with Gasteiger partial charge in [0.1, 0.15) is 0 Å². The molecule has 1 aromatic rings. The highest BCUT2D eigenvalue weighted by atomic mass is 14.9. The number of hydrogen-bond acceptors (Lipinski definition) is 1. The second-order valence-corrected chi connectivity index (χ2v) is 6.32. The Bertz CT molecular complexity index is 457. The molecule has 0 saturated heterocycles. The Morgan fingerprint density at radius 1 is 1.21 bits per heavy atom. The molecule has 1 aromatic carbocycles. The average molecular weight is 255 g/mol. The van der Waals surface area contributed by atoms with Crippen molar-refractivity contribution in [3.8, 4) is 0 Å². The molecule has 1 nitrogen and oxygen atoms in total. The first kappa shape index (κ1) is 12.8. The summed E-state index contributed by atoms with van der Waals surface area (Å²) in [6.07, 6.45) is 9.19. The third kappa shape index (κ3) is 2.70. The van der Waals surface area contributed by atoms with Gasteiger partial charge in [0.25, 0.3) is 0 Å². The Balaban J connectivity index is 1.67. The molecule has 2 aliphatic rings. The van der Waals surface area contributed by atoms with Crippen LogP contribution in [0.1, 0.15) is 57.4 Å². The van der Waals surface area contributed by atoms with Gasteiger partial charge >= 0.3 is 0 Å². The van der Waals surface area contributed by atoms with Crippen LogP contribution in [0.5, 0.6) is 0 Å². The fourth-order valence-electron chi connectivity index (χ4n) is 4.05. The first-order valence-electron chi connectivity index (χ1n) is 7.80. The van der Waals surface area contributed by atoms with Crippen LogP contribution in [0.4, 0.5) is 5.69 Å². The molecular weight excluding hydrogens is 230 g/mol. The van der Waals surface area contributed by atoms with Crippen molar-refractivity contribution in [2.75, 3.05) is 5.32 Å². The van der Waals surface area contributed by atoms with Crippen molar-refractivity contribution in [1.29, 1.82) is 0 Å². The summed E-state index contributed by atoms with van der Waals surface area (Å²) in [4.78, 5) is 0. The maximum Gasteiger partial charge on any atom is 0.0381 e. The van der Waals surface area contributed by atoms with Crippen molar-refractivity contribution in [3.63, 3.8) is 0 Å². The van der Waals surface area contributed by atoms with Crippen molar-refractivity contribution >= 4 is 5.69 Å². The number of anilines is 1. The number of nitrogens with one attached hydrogen (secondary N) is 1. The molecule has 1 N–H and O–H groups in total. The van der Waals surface area contributed by atoms with Crippen molar-refractivity contribution < 1.29 is 0 Å². The molecule has 2 bridgehead atoms. The van der Waals surface area contributed by atoms with Gasteiger partial charge in [-0.05, 0) is 68.1 Å². The van der Waals surface area contributed by atoms with E-state index in [2.05, 4.69) is 49.5 Å². The van der Waals surface area contributed by atoms with Gasteiger partial charge in [-0.25, -0.2) is 0 Å². The largest absolute Gasteiger partial charge is 0.359 e. The van der Waals surface area contributed by atoms with E-state index >= 15 is 0 Å². The summed E-state index contributed by atoms with van der Waals surface area (Å²) >= 11 is 0. The minimum Gasteiger partial charge on any atom is -0.359 e. The van der Waals surface area contributed by atoms with E-state index in [-0.39, 0.29) is 0 Å². The van der Waals surface area contributed by atoms with E-state index in [4.69, 9.17) is 0 Å². The molecular formula is C18H25N. The van der Waals surface area contributed by atoms with Crippen LogP contribution in [-0.4, -0.2) is 0 Å². The lowest BCUT2D eigenvalue weighted by atomic mass is 9.83. The standard InChI is InChI=1S/C18H25N/c1-3-4-13(2)19-17-9-7-15(8-10-17)18-12-14-5-6-16(18)11-14/h4,7-10,14,16,18-19H,3,5-6,11-12H2,1-2H3/b13-4-. The molecule has 0 spiro atoms. The van der Waals surface area contributed by atoms with Gasteiger partial charge in [0, 0.05) is 11.4 Å². The van der Waals surface area contributed by atoms with Gasteiger partial charge < -0.3 is 5.32 Å². The molecule has 102 valence electrons. The van der Waals surface area contributed by atoms with Crippen molar-refractivity contribution in [2.45, 2.75) is 51.9 Å². The number of fused-ring (bicyclic) bond motifs is 2. The van der Waals surface area contributed by atoms with E-state index in [1.54, 1.807) is 5.56 Å². The van der Waals surface area contributed by atoms with E-state index in [1.165, 1.54) is 37.1 Å². The molecule has 0 radical (unpaired) electrons. The minimum absolute atomic E-state index is 0.847. The maximum atomic E-state index is 3.46. The molecule has 3 rings (SSSR count). The minimum atomic E-state index is 0.847. The Hall–Kier alpha value is -1.24. The van der Waals surface area contributed by atoms with Crippen LogP contribution in [0.2, 0.25) is 0 Å². The summed E-state index contributed by atoms with van der Waals surface area (Å²) in [5.74, 6) is 2.85. The Labute approximate surface area is 117 Å². The van der Waals surface area contributed by atoms with Gasteiger partial charge in [-0.3, -0.25) is 0 Å². The highest BCUT2D eigenvalue weighted by Crippen LogP contribution is 2.52. The van der Waals surface area contributed by atoms with Gasteiger partial charge in [-0.1, -0.05) is 31.6 Å². The van der Waals surface area contributed by atoms with Gasteiger partial charge in [-0.2, -0.15) is 0 Å². The summed E-state index contributed by atoms with van der Waals surface area (Å²) in [6.45, 7) is 4.30. The summed E-state index contributed by atoms with van der Waals surface area (Å²) in [6, 6.07) is 9.17. The molecule has 0 aromatic heterocycles.